The number of likely N-dealkylation sites (N-methyl/N-ethyl adjacent to an activating group) is 1. The second kappa shape index (κ2) is 7.75. The molecule has 0 radical (unpaired) electrons. The average molecular weight is 307 g/mol. The summed E-state index contributed by atoms with van der Waals surface area (Å²) < 4.78 is 6.41. The predicted octanol–water partition coefficient (Wildman–Crippen LogP) is 0.905. The quantitative estimate of drug-likeness (QED) is 0.601. The lowest BCUT2D eigenvalue weighted by atomic mass is 10.2. The molecule has 1 heterocycles. The fourth-order valence-corrected chi connectivity index (χ4v) is 2.69. The highest BCUT2D eigenvalue weighted by Crippen LogP contribution is 2.19. The molecule has 8 heteroatoms. The van der Waals surface area contributed by atoms with Gasteiger partial charge >= 0.3 is 5.97 Å². The maximum atomic E-state index is 11.5. The van der Waals surface area contributed by atoms with Crippen molar-refractivity contribution in [2.24, 2.45) is 0 Å². The van der Waals surface area contributed by atoms with E-state index in [1.54, 1.807) is 11.7 Å². The van der Waals surface area contributed by atoms with Crippen molar-refractivity contribution in [3.63, 3.8) is 0 Å². The third-order valence-corrected chi connectivity index (χ3v) is 3.87. The van der Waals surface area contributed by atoms with Crippen molar-refractivity contribution in [1.29, 1.82) is 0 Å². The molecule has 1 aromatic heterocycles. The molecule has 1 atom stereocenters. The van der Waals surface area contributed by atoms with E-state index in [0.29, 0.717) is 17.3 Å². The Kier molecular flexibility index (Phi) is 5.70. The first-order valence-corrected chi connectivity index (χ1v) is 7.46. The number of thioether (sulfide) groups is 1. The number of benzene rings is 1. The summed E-state index contributed by atoms with van der Waals surface area (Å²) in [5, 5.41) is 15.3. The van der Waals surface area contributed by atoms with Crippen molar-refractivity contribution in [3.8, 4) is 5.69 Å². The van der Waals surface area contributed by atoms with Crippen molar-refractivity contribution >= 4 is 17.7 Å². The van der Waals surface area contributed by atoms with Crippen LogP contribution in [0.15, 0.2) is 35.5 Å². The maximum absolute atomic E-state index is 11.5. The highest BCUT2D eigenvalue weighted by Gasteiger charge is 2.17. The predicted molar refractivity (Wildman–Crippen MR) is 79.4 cm³/mol. The molecule has 2 aromatic rings. The lowest BCUT2D eigenvalue weighted by Gasteiger charge is -2.12. The Morgan fingerprint density at radius 1 is 1.43 bits per heavy atom. The van der Waals surface area contributed by atoms with E-state index in [1.165, 1.54) is 18.9 Å². The number of ether oxygens (including phenoxy) is 1. The SMILES string of the molecule is CNC(CCSc1nnnn1-c1ccccc1)C(=O)OC. The molecule has 2 rings (SSSR count). The molecule has 0 bridgehead atoms. The Balaban J connectivity index is 1.96. The summed E-state index contributed by atoms with van der Waals surface area (Å²) >= 11 is 1.50. The first-order valence-electron chi connectivity index (χ1n) is 6.48. The maximum Gasteiger partial charge on any atom is 0.322 e. The van der Waals surface area contributed by atoms with Gasteiger partial charge in [0.2, 0.25) is 5.16 Å². The lowest BCUT2D eigenvalue weighted by Crippen LogP contribution is -2.35. The number of hydrogen-bond donors (Lipinski definition) is 1. The molecular weight excluding hydrogens is 290 g/mol. The summed E-state index contributed by atoms with van der Waals surface area (Å²) in [5.74, 6) is 0.439. The fraction of sp³-hybridized carbons (Fsp3) is 0.385. The number of methoxy groups -OCH3 is 1. The van der Waals surface area contributed by atoms with E-state index < -0.39 is 0 Å². The van der Waals surface area contributed by atoms with Gasteiger partial charge in [-0.15, -0.1) is 5.10 Å². The molecule has 21 heavy (non-hydrogen) atoms. The van der Waals surface area contributed by atoms with Gasteiger partial charge in [0.1, 0.15) is 6.04 Å². The van der Waals surface area contributed by atoms with E-state index in [-0.39, 0.29) is 12.0 Å². The number of carbonyl (C=O) groups is 1. The Morgan fingerprint density at radius 3 is 2.86 bits per heavy atom. The minimum Gasteiger partial charge on any atom is -0.468 e. The van der Waals surface area contributed by atoms with Gasteiger partial charge in [0.05, 0.1) is 12.8 Å². The second-order valence-electron chi connectivity index (χ2n) is 4.21. The average Bonchev–Trinajstić information content (AvgIpc) is 3.00. The zero-order valence-corrected chi connectivity index (χ0v) is 12.7. The van der Waals surface area contributed by atoms with Crippen LogP contribution in [-0.2, 0) is 9.53 Å². The molecule has 7 nitrogen and oxygen atoms in total. The highest BCUT2D eigenvalue weighted by molar-refractivity contribution is 7.99. The van der Waals surface area contributed by atoms with Crippen molar-refractivity contribution in [1.82, 2.24) is 25.5 Å². The van der Waals surface area contributed by atoms with Crippen molar-refractivity contribution in [2.45, 2.75) is 17.6 Å². The number of esters is 1. The number of nitrogens with zero attached hydrogens (tertiary/aromatic N) is 4. The van der Waals surface area contributed by atoms with Gasteiger partial charge < -0.3 is 10.1 Å². The van der Waals surface area contributed by atoms with Crippen LogP contribution < -0.4 is 5.32 Å². The first-order chi connectivity index (χ1) is 10.3. The molecule has 0 saturated heterocycles. The minimum atomic E-state index is -0.316. The second-order valence-corrected chi connectivity index (χ2v) is 5.27. The van der Waals surface area contributed by atoms with Crippen LogP contribution >= 0.6 is 11.8 Å². The Hall–Kier alpha value is -1.93. The minimum absolute atomic E-state index is 0.263. The molecule has 1 aromatic carbocycles. The molecule has 0 aliphatic rings. The third-order valence-electron chi connectivity index (χ3n) is 2.91. The zero-order chi connectivity index (χ0) is 15.1. The van der Waals surface area contributed by atoms with Gasteiger partial charge in [-0.2, -0.15) is 4.68 Å². The van der Waals surface area contributed by atoms with Crippen LogP contribution in [0.4, 0.5) is 0 Å². The Bertz CT molecular complexity index is 575. The van der Waals surface area contributed by atoms with Crippen LogP contribution in [0.1, 0.15) is 6.42 Å². The summed E-state index contributed by atoms with van der Waals surface area (Å²) in [6.45, 7) is 0. The number of hydrogen-bond acceptors (Lipinski definition) is 7. The molecule has 0 amide bonds. The summed E-state index contributed by atoms with van der Waals surface area (Å²) in [5.41, 5.74) is 0.906. The van der Waals surface area contributed by atoms with E-state index in [9.17, 15) is 4.79 Å². The van der Waals surface area contributed by atoms with E-state index in [2.05, 4.69) is 20.8 Å². The number of aromatic nitrogens is 4. The number of rotatable bonds is 7. The number of para-hydroxylation sites is 1. The van der Waals surface area contributed by atoms with Crippen LogP contribution in [0, 0.1) is 0 Å². The number of carbonyl (C=O) groups excluding carboxylic acids is 1. The van der Waals surface area contributed by atoms with Crippen LogP contribution in [0.3, 0.4) is 0 Å². The molecule has 0 aliphatic heterocycles. The Labute approximate surface area is 127 Å². The monoisotopic (exact) mass is 307 g/mol. The van der Waals surface area contributed by atoms with Crippen LogP contribution in [0.2, 0.25) is 0 Å². The van der Waals surface area contributed by atoms with Crippen molar-refractivity contribution in [2.75, 3.05) is 19.9 Å². The van der Waals surface area contributed by atoms with E-state index in [4.69, 9.17) is 4.74 Å². The van der Waals surface area contributed by atoms with Gasteiger partial charge in [0, 0.05) is 5.75 Å². The van der Waals surface area contributed by atoms with Gasteiger partial charge in [0.25, 0.3) is 0 Å². The number of nitrogens with one attached hydrogen (secondary N) is 1. The van der Waals surface area contributed by atoms with Crippen molar-refractivity contribution in [3.05, 3.63) is 30.3 Å². The van der Waals surface area contributed by atoms with Crippen LogP contribution in [0.25, 0.3) is 5.69 Å². The van der Waals surface area contributed by atoms with Gasteiger partial charge in [-0.25, -0.2) is 0 Å². The Morgan fingerprint density at radius 2 is 2.19 bits per heavy atom. The topological polar surface area (TPSA) is 81.9 Å². The van der Waals surface area contributed by atoms with Gasteiger partial charge in [-0.1, -0.05) is 30.0 Å². The summed E-state index contributed by atoms with van der Waals surface area (Å²) in [4.78, 5) is 11.5. The molecular formula is C13H17N5O2S. The molecule has 112 valence electrons. The molecule has 0 fully saturated rings. The van der Waals surface area contributed by atoms with Gasteiger partial charge in [0.15, 0.2) is 0 Å². The molecule has 0 saturated carbocycles. The largest absolute Gasteiger partial charge is 0.468 e. The number of tetrazole rings is 1. The highest BCUT2D eigenvalue weighted by atomic mass is 32.2. The third kappa shape index (κ3) is 4.02. The van der Waals surface area contributed by atoms with Crippen LogP contribution in [-0.4, -0.2) is 52.1 Å². The van der Waals surface area contributed by atoms with E-state index in [0.717, 1.165) is 5.69 Å². The first kappa shape index (κ1) is 15.5. The molecule has 1 N–H and O–H groups in total. The van der Waals surface area contributed by atoms with Crippen molar-refractivity contribution < 1.29 is 9.53 Å². The fourth-order valence-electron chi connectivity index (χ4n) is 1.79. The molecule has 0 spiro atoms. The molecule has 1 unspecified atom stereocenters. The van der Waals surface area contributed by atoms with E-state index in [1.807, 2.05) is 30.3 Å². The zero-order valence-electron chi connectivity index (χ0n) is 11.9. The molecule has 0 aliphatic carbocycles. The van der Waals surface area contributed by atoms with Gasteiger partial charge in [-0.05, 0) is 36.0 Å². The normalized spacial score (nSPS) is 12.1. The summed E-state index contributed by atoms with van der Waals surface area (Å²) in [6, 6.07) is 9.36. The lowest BCUT2D eigenvalue weighted by molar-refractivity contribution is -0.143. The smallest absolute Gasteiger partial charge is 0.322 e. The van der Waals surface area contributed by atoms with Crippen LogP contribution in [0.5, 0.6) is 0 Å². The van der Waals surface area contributed by atoms with E-state index >= 15 is 0 Å². The van der Waals surface area contributed by atoms with Gasteiger partial charge in [-0.3, -0.25) is 4.79 Å². The summed E-state index contributed by atoms with van der Waals surface area (Å²) in [6.07, 6.45) is 0.634. The summed E-state index contributed by atoms with van der Waals surface area (Å²) in [7, 11) is 3.12. The standard InChI is InChI=1S/C13H17N5O2S/c1-14-11(12(19)20-2)8-9-21-13-15-16-17-18(13)10-6-4-3-5-7-10/h3-7,11,14H,8-9H2,1-2H3.